The predicted molar refractivity (Wildman–Crippen MR) is 90.2 cm³/mol. The van der Waals surface area contributed by atoms with E-state index in [4.69, 9.17) is 26.2 Å². The van der Waals surface area contributed by atoms with Crippen molar-refractivity contribution in [3.05, 3.63) is 16.7 Å². The molecule has 1 saturated heterocycles. The second-order valence-corrected chi connectivity index (χ2v) is 7.23. The molecule has 0 radical (unpaired) electrons. The van der Waals surface area contributed by atoms with E-state index in [1.807, 2.05) is 0 Å². The summed E-state index contributed by atoms with van der Waals surface area (Å²) in [5, 5.41) is 20.7. The van der Waals surface area contributed by atoms with Crippen LogP contribution in [0.15, 0.2) is 11.1 Å². The van der Waals surface area contributed by atoms with Gasteiger partial charge in [-0.3, -0.25) is 18.9 Å². The van der Waals surface area contributed by atoms with E-state index in [2.05, 4.69) is 24.3 Å². The molecule has 0 aromatic carbocycles. The molecule has 0 saturated carbocycles. The van der Waals surface area contributed by atoms with Gasteiger partial charge in [0.05, 0.1) is 12.9 Å². The lowest BCUT2D eigenvalue weighted by molar-refractivity contribution is -0.0879. The molecular weight excluding hydrogens is 403 g/mol. The van der Waals surface area contributed by atoms with Crippen LogP contribution in [0.4, 0.5) is 5.95 Å². The molecule has 28 heavy (non-hydrogen) atoms. The molecule has 1 aliphatic rings. The normalized spacial score (nSPS) is 26.8. The van der Waals surface area contributed by atoms with Crippen LogP contribution in [0.2, 0.25) is 0 Å². The van der Waals surface area contributed by atoms with Crippen molar-refractivity contribution in [1.82, 2.24) is 19.5 Å². The maximum Gasteiger partial charge on any atom is 0.469 e. The molecule has 3 rings (SSSR count). The van der Waals surface area contributed by atoms with Gasteiger partial charge < -0.3 is 35.3 Å². The van der Waals surface area contributed by atoms with Gasteiger partial charge in [0, 0.05) is 6.42 Å². The number of aromatic amines is 1. The van der Waals surface area contributed by atoms with Gasteiger partial charge in [0.2, 0.25) is 5.95 Å². The number of aromatic nitrogens is 4. The minimum absolute atomic E-state index is 0.0177. The average molecular weight is 422 g/mol. The monoisotopic (exact) mass is 422 g/mol. The fraction of sp³-hybridized carbons (Fsp3) is 0.583. The number of H-pyrrole nitrogens is 1. The van der Waals surface area contributed by atoms with Crippen LogP contribution in [0, 0.1) is 0 Å². The molecule has 5 atom stereocenters. The molecule has 9 N–H and O–H groups in total. The van der Waals surface area contributed by atoms with Gasteiger partial charge in [-0.2, -0.15) is 4.98 Å². The number of aliphatic hydroxyl groups excluding tert-OH is 2. The minimum atomic E-state index is -4.96. The molecule has 0 aliphatic carbocycles. The van der Waals surface area contributed by atoms with Crippen LogP contribution in [0.3, 0.4) is 0 Å². The number of nitrogens with one attached hydrogen (secondary N) is 1. The Hall–Kier alpha value is -1.94. The molecule has 3 heterocycles. The number of phosphoric ester groups is 1. The second kappa shape index (κ2) is 7.82. The van der Waals surface area contributed by atoms with Crippen LogP contribution in [-0.4, -0.2) is 70.5 Å². The molecule has 0 bridgehead atoms. The lowest BCUT2D eigenvalue weighted by Crippen LogP contribution is -2.40. The van der Waals surface area contributed by atoms with Crippen LogP contribution < -0.4 is 17.2 Å². The molecule has 1 unspecified atom stereocenters. The molecule has 1 aliphatic heterocycles. The van der Waals surface area contributed by atoms with Crippen LogP contribution in [0.5, 0.6) is 0 Å². The van der Waals surface area contributed by atoms with E-state index < -0.39 is 44.0 Å². The number of nitrogen functional groups attached to an aromatic ring is 1. The van der Waals surface area contributed by atoms with Crippen LogP contribution in [0.1, 0.15) is 12.6 Å². The SMILES string of the molecule is NOCCC(OP(=O)(O)O)[C@H]1O[C@@H](n2cnc3c(=O)[nH]c(N)nc32)[C@H](O)[C@@H]1O. The Morgan fingerprint density at radius 1 is 1.39 bits per heavy atom. The Kier molecular flexibility index (Phi) is 5.81. The first kappa shape index (κ1) is 20.8. The fourth-order valence-corrected chi connectivity index (χ4v) is 3.57. The quantitative estimate of drug-likeness (QED) is 0.175. The zero-order valence-electron chi connectivity index (χ0n) is 14.2. The zero-order valence-corrected chi connectivity index (χ0v) is 15.0. The number of hydrogen-bond donors (Lipinski definition) is 7. The lowest BCUT2D eigenvalue weighted by Gasteiger charge is -2.25. The van der Waals surface area contributed by atoms with Crippen molar-refractivity contribution in [2.24, 2.45) is 5.90 Å². The van der Waals surface area contributed by atoms with Crippen LogP contribution in [-0.2, 0) is 18.7 Å². The number of anilines is 1. The lowest BCUT2D eigenvalue weighted by atomic mass is 10.0. The zero-order chi connectivity index (χ0) is 20.6. The van der Waals surface area contributed by atoms with E-state index >= 15 is 0 Å². The fourth-order valence-electron chi connectivity index (χ4n) is 2.99. The number of hydrogen-bond acceptors (Lipinski definition) is 11. The summed E-state index contributed by atoms with van der Waals surface area (Å²) in [5.41, 5.74) is 4.80. The third-order valence-electron chi connectivity index (χ3n) is 4.16. The Morgan fingerprint density at radius 2 is 2.11 bits per heavy atom. The van der Waals surface area contributed by atoms with Crippen molar-refractivity contribution in [2.45, 2.75) is 37.1 Å². The topological polar surface area (TPSA) is 241 Å². The van der Waals surface area contributed by atoms with Gasteiger partial charge in [0.25, 0.3) is 5.56 Å². The summed E-state index contributed by atoms with van der Waals surface area (Å²) in [7, 11) is -4.96. The van der Waals surface area contributed by atoms with Gasteiger partial charge in [0.1, 0.15) is 24.4 Å². The third kappa shape index (κ3) is 4.07. The highest BCUT2D eigenvalue weighted by molar-refractivity contribution is 7.46. The van der Waals surface area contributed by atoms with Crippen LogP contribution >= 0.6 is 7.82 Å². The first-order chi connectivity index (χ1) is 13.1. The van der Waals surface area contributed by atoms with Gasteiger partial charge in [0.15, 0.2) is 17.4 Å². The van der Waals surface area contributed by atoms with Crippen molar-refractivity contribution >= 4 is 24.9 Å². The Labute approximate surface area is 156 Å². The van der Waals surface area contributed by atoms with Crippen molar-refractivity contribution in [3.8, 4) is 0 Å². The van der Waals surface area contributed by atoms with Crippen molar-refractivity contribution in [3.63, 3.8) is 0 Å². The molecule has 0 amide bonds. The predicted octanol–water partition coefficient (Wildman–Crippen LogP) is -2.92. The maximum atomic E-state index is 11.9. The summed E-state index contributed by atoms with van der Waals surface area (Å²) >= 11 is 0. The van der Waals surface area contributed by atoms with E-state index in [0.717, 1.165) is 6.33 Å². The maximum absolute atomic E-state index is 11.9. The van der Waals surface area contributed by atoms with Gasteiger partial charge in [-0.1, -0.05) is 0 Å². The molecule has 16 heteroatoms. The molecule has 1 fully saturated rings. The molecule has 15 nitrogen and oxygen atoms in total. The number of ether oxygens (including phenoxy) is 1. The number of rotatable bonds is 7. The van der Waals surface area contributed by atoms with E-state index in [-0.39, 0.29) is 30.1 Å². The van der Waals surface area contributed by atoms with Crippen molar-refractivity contribution < 1.29 is 38.7 Å². The standard InChI is InChI=1S/C12H19N6O9P/c13-12-16-9-5(10(21)17-12)15-3-18(9)11-7(20)6(19)8(26-11)4(1-2-25-14)27-28(22,23)24/h3-4,6-8,11,19-20H,1-2,14H2,(H2,22,23,24)(H3,13,16,17,21)/t4?,6-,7+,8+,11+/m0/s1. The van der Waals surface area contributed by atoms with Gasteiger partial charge in [-0.05, 0) is 0 Å². The summed E-state index contributed by atoms with van der Waals surface area (Å²) < 4.78 is 22.6. The summed E-state index contributed by atoms with van der Waals surface area (Å²) in [5.74, 6) is 4.73. The van der Waals surface area contributed by atoms with Crippen molar-refractivity contribution in [1.29, 1.82) is 0 Å². The first-order valence-electron chi connectivity index (χ1n) is 7.92. The summed E-state index contributed by atoms with van der Waals surface area (Å²) in [4.78, 5) is 44.5. The largest absolute Gasteiger partial charge is 0.469 e. The number of phosphoric acid groups is 1. The Balaban J connectivity index is 1.93. The summed E-state index contributed by atoms with van der Waals surface area (Å²) in [6.07, 6.45) is -6.19. The first-order valence-corrected chi connectivity index (χ1v) is 9.45. The molecule has 156 valence electrons. The number of nitrogens with two attached hydrogens (primary N) is 2. The highest BCUT2D eigenvalue weighted by atomic mass is 31.2. The second-order valence-electron chi connectivity index (χ2n) is 6.04. The molecule has 2 aromatic rings. The van der Waals surface area contributed by atoms with Gasteiger partial charge >= 0.3 is 7.82 Å². The number of imidazole rings is 1. The molecule has 0 spiro atoms. The van der Waals surface area contributed by atoms with E-state index in [9.17, 15) is 19.6 Å². The van der Waals surface area contributed by atoms with Crippen LogP contribution in [0.25, 0.3) is 11.2 Å². The van der Waals surface area contributed by atoms with E-state index in [0.29, 0.717) is 0 Å². The third-order valence-corrected chi connectivity index (χ3v) is 4.70. The van der Waals surface area contributed by atoms with E-state index in [1.54, 1.807) is 0 Å². The van der Waals surface area contributed by atoms with Crippen molar-refractivity contribution in [2.75, 3.05) is 12.3 Å². The number of aliphatic hydroxyl groups is 2. The average Bonchev–Trinajstić information content (AvgIpc) is 3.13. The highest BCUT2D eigenvalue weighted by Gasteiger charge is 2.49. The molecule has 2 aromatic heterocycles. The van der Waals surface area contributed by atoms with Gasteiger partial charge in [-0.25, -0.2) is 15.4 Å². The Bertz CT molecular complexity index is 943. The van der Waals surface area contributed by atoms with E-state index in [1.165, 1.54) is 4.57 Å². The number of nitrogens with zero attached hydrogens (tertiary/aromatic N) is 3. The highest BCUT2D eigenvalue weighted by Crippen LogP contribution is 2.42. The van der Waals surface area contributed by atoms with Gasteiger partial charge in [-0.15, -0.1) is 0 Å². The number of fused-ring (bicyclic) bond motifs is 1. The molecular formula is C12H19N6O9P. The smallest absolute Gasteiger partial charge is 0.387 e. The summed E-state index contributed by atoms with van der Waals surface area (Å²) in [6, 6.07) is 0. The Morgan fingerprint density at radius 3 is 2.75 bits per heavy atom. The summed E-state index contributed by atoms with van der Waals surface area (Å²) in [6.45, 7) is -0.167. The minimum Gasteiger partial charge on any atom is -0.387 e.